The van der Waals surface area contributed by atoms with Gasteiger partial charge in [0.1, 0.15) is 11.8 Å². The number of nitrogens with zero attached hydrogens (tertiary/aromatic N) is 2. The molecule has 0 radical (unpaired) electrons. The van der Waals surface area contributed by atoms with E-state index >= 15 is 0 Å². The number of hydrogen-bond donors (Lipinski definition) is 1. The van der Waals surface area contributed by atoms with E-state index in [1.807, 2.05) is 79.8 Å². The third-order valence-corrected chi connectivity index (χ3v) is 6.15. The molecule has 1 aliphatic rings. The van der Waals surface area contributed by atoms with E-state index in [0.717, 1.165) is 16.1 Å². The first-order valence-electron chi connectivity index (χ1n) is 9.57. The van der Waals surface area contributed by atoms with Gasteiger partial charge >= 0.3 is 0 Å². The number of hydrogen-bond acceptors (Lipinski definition) is 5. The first kappa shape index (κ1) is 19.9. The van der Waals surface area contributed by atoms with E-state index in [9.17, 15) is 14.7 Å². The topological polar surface area (TPSA) is 60.9 Å². The van der Waals surface area contributed by atoms with Gasteiger partial charge in [-0.25, -0.2) is 0 Å². The van der Waals surface area contributed by atoms with Gasteiger partial charge in [0.25, 0.3) is 11.7 Å². The molecule has 152 valence electrons. The molecule has 1 atom stereocenters. The van der Waals surface area contributed by atoms with Gasteiger partial charge in [0.05, 0.1) is 5.57 Å². The summed E-state index contributed by atoms with van der Waals surface area (Å²) >= 11 is 1.45. The van der Waals surface area contributed by atoms with Crippen molar-refractivity contribution in [3.8, 4) is 0 Å². The van der Waals surface area contributed by atoms with Crippen molar-refractivity contribution < 1.29 is 14.7 Å². The van der Waals surface area contributed by atoms with Crippen LogP contribution in [0.5, 0.6) is 0 Å². The number of carbonyl (C=O) groups excluding carboxylic acids is 2. The van der Waals surface area contributed by atoms with Crippen molar-refractivity contribution in [2.45, 2.75) is 13.0 Å². The summed E-state index contributed by atoms with van der Waals surface area (Å²) in [6.07, 6.45) is 0. The van der Waals surface area contributed by atoms with Crippen molar-refractivity contribution in [3.05, 3.63) is 87.6 Å². The molecule has 1 unspecified atom stereocenters. The summed E-state index contributed by atoms with van der Waals surface area (Å²) in [4.78, 5) is 30.4. The molecule has 1 amide bonds. The highest BCUT2D eigenvalue weighted by Gasteiger charge is 2.47. The van der Waals surface area contributed by atoms with Crippen LogP contribution in [0.4, 0.5) is 11.4 Å². The Morgan fingerprint density at radius 1 is 1.00 bits per heavy atom. The van der Waals surface area contributed by atoms with Crippen LogP contribution in [0.3, 0.4) is 0 Å². The van der Waals surface area contributed by atoms with E-state index in [4.69, 9.17) is 0 Å². The van der Waals surface area contributed by atoms with Crippen LogP contribution in [0.2, 0.25) is 0 Å². The van der Waals surface area contributed by atoms with Gasteiger partial charge in [-0.2, -0.15) is 0 Å². The Morgan fingerprint density at radius 2 is 1.67 bits per heavy atom. The molecule has 1 N–H and O–H groups in total. The van der Waals surface area contributed by atoms with Crippen molar-refractivity contribution >= 4 is 40.2 Å². The van der Waals surface area contributed by atoms with Crippen molar-refractivity contribution in [1.82, 2.24) is 0 Å². The Balaban J connectivity index is 1.87. The molecule has 1 saturated heterocycles. The number of benzene rings is 2. The molecule has 4 rings (SSSR count). The lowest BCUT2D eigenvalue weighted by molar-refractivity contribution is -0.132. The maximum atomic E-state index is 13.1. The minimum atomic E-state index is -0.678. The normalized spacial score (nSPS) is 18.1. The van der Waals surface area contributed by atoms with E-state index in [1.54, 1.807) is 12.1 Å². The SMILES string of the molecule is Cc1ccc(/C(O)=C2/C(=O)C(=O)N(c3ccc(N(C)C)cc3)C2c2cccs2)cc1. The second-order valence-corrected chi connectivity index (χ2v) is 8.44. The molecule has 1 aliphatic heterocycles. The van der Waals surface area contributed by atoms with Gasteiger partial charge in [-0.3, -0.25) is 14.5 Å². The molecule has 2 aromatic carbocycles. The number of amides is 1. The molecule has 0 saturated carbocycles. The summed E-state index contributed by atoms with van der Waals surface area (Å²) in [6.45, 7) is 1.95. The van der Waals surface area contributed by atoms with E-state index < -0.39 is 17.7 Å². The minimum Gasteiger partial charge on any atom is -0.507 e. The number of anilines is 2. The van der Waals surface area contributed by atoms with Crippen LogP contribution < -0.4 is 9.80 Å². The molecule has 6 heteroatoms. The number of thiophene rings is 1. The molecule has 0 spiro atoms. The fourth-order valence-corrected chi connectivity index (χ4v) is 4.42. The maximum absolute atomic E-state index is 13.1. The highest BCUT2D eigenvalue weighted by atomic mass is 32.1. The molecular weight excluding hydrogens is 396 g/mol. The summed E-state index contributed by atoms with van der Waals surface area (Å²) < 4.78 is 0. The predicted molar refractivity (Wildman–Crippen MR) is 121 cm³/mol. The molecule has 0 bridgehead atoms. The maximum Gasteiger partial charge on any atom is 0.300 e. The van der Waals surface area contributed by atoms with Crippen molar-refractivity contribution in [2.24, 2.45) is 0 Å². The highest BCUT2D eigenvalue weighted by Crippen LogP contribution is 2.43. The van der Waals surface area contributed by atoms with Crippen LogP contribution in [0.15, 0.2) is 71.6 Å². The number of aliphatic hydroxyl groups is 1. The van der Waals surface area contributed by atoms with Crippen molar-refractivity contribution in [3.63, 3.8) is 0 Å². The quantitative estimate of drug-likeness (QED) is 0.377. The van der Waals surface area contributed by atoms with E-state index in [-0.39, 0.29) is 11.3 Å². The minimum absolute atomic E-state index is 0.114. The molecule has 30 heavy (non-hydrogen) atoms. The first-order chi connectivity index (χ1) is 14.4. The Hall–Kier alpha value is -3.38. The summed E-state index contributed by atoms with van der Waals surface area (Å²) in [5.41, 5.74) is 3.28. The van der Waals surface area contributed by atoms with Crippen LogP contribution in [0, 0.1) is 6.92 Å². The van der Waals surface area contributed by atoms with E-state index in [1.165, 1.54) is 16.2 Å². The van der Waals surface area contributed by atoms with Gasteiger partial charge in [-0.15, -0.1) is 11.3 Å². The fourth-order valence-electron chi connectivity index (χ4n) is 3.59. The first-order valence-corrected chi connectivity index (χ1v) is 10.5. The van der Waals surface area contributed by atoms with Crippen molar-refractivity contribution in [1.29, 1.82) is 0 Å². The molecule has 0 aliphatic carbocycles. The molecule has 5 nitrogen and oxygen atoms in total. The fraction of sp³-hybridized carbons (Fsp3) is 0.167. The molecular formula is C24H22N2O3S. The van der Waals surface area contributed by atoms with Crippen LogP contribution in [0.1, 0.15) is 22.0 Å². The summed E-state index contributed by atoms with van der Waals surface area (Å²) in [5.74, 6) is -1.47. The summed E-state index contributed by atoms with van der Waals surface area (Å²) in [5, 5.41) is 12.9. The van der Waals surface area contributed by atoms with Crippen molar-refractivity contribution in [2.75, 3.05) is 23.9 Å². The van der Waals surface area contributed by atoms with Crippen LogP contribution in [-0.2, 0) is 9.59 Å². The number of aliphatic hydroxyl groups excluding tert-OH is 1. The third kappa shape index (κ3) is 3.39. The second kappa shape index (κ2) is 7.80. The molecule has 2 heterocycles. The Morgan fingerprint density at radius 3 is 2.23 bits per heavy atom. The van der Waals surface area contributed by atoms with Gasteiger partial charge in [0.2, 0.25) is 0 Å². The highest BCUT2D eigenvalue weighted by molar-refractivity contribution is 7.10. The van der Waals surface area contributed by atoms with Crippen LogP contribution in [0.25, 0.3) is 5.76 Å². The Labute approximate surface area is 179 Å². The van der Waals surface area contributed by atoms with E-state index in [2.05, 4.69) is 0 Å². The van der Waals surface area contributed by atoms with Gasteiger partial charge in [-0.1, -0.05) is 35.9 Å². The number of aryl methyl sites for hydroxylation is 1. The number of carbonyl (C=O) groups is 2. The van der Waals surface area contributed by atoms with Gasteiger partial charge < -0.3 is 10.0 Å². The Kier molecular flexibility index (Phi) is 5.18. The average Bonchev–Trinajstić information content (AvgIpc) is 3.35. The third-order valence-electron chi connectivity index (χ3n) is 5.23. The Bertz CT molecular complexity index is 1110. The lowest BCUT2D eigenvalue weighted by atomic mass is 9.99. The van der Waals surface area contributed by atoms with Crippen LogP contribution in [-0.4, -0.2) is 30.9 Å². The summed E-state index contributed by atoms with van der Waals surface area (Å²) in [6, 6.07) is 17.8. The zero-order valence-electron chi connectivity index (χ0n) is 17.0. The number of rotatable bonds is 4. The predicted octanol–water partition coefficient (Wildman–Crippen LogP) is 4.75. The molecule has 1 aromatic heterocycles. The monoisotopic (exact) mass is 418 g/mol. The second-order valence-electron chi connectivity index (χ2n) is 7.46. The van der Waals surface area contributed by atoms with Gasteiger partial charge in [0, 0.05) is 35.9 Å². The smallest absolute Gasteiger partial charge is 0.300 e. The molecule has 3 aromatic rings. The zero-order valence-corrected chi connectivity index (χ0v) is 17.8. The van der Waals surface area contributed by atoms with Crippen LogP contribution >= 0.6 is 11.3 Å². The standard InChI is InChI=1S/C24H22N2O3S/c1-15-6-8-16(9-7-15)22(27)20-21(19-5-4-14-30-19)26(24(29)23(20)28)18-12-10-17(11-13-18)25(2)3/h4-14,21,27H,1-3H3/b22-20-. The lowest BCUT2D eigenvalue weighted by Gasteiger charge is -2.25. The van der Waals surface area contributed by atoms with E-state index in [0.29, 0.717) is 11.3 Å². The average molecular weight is 419 g/mol. The lowest BCUT2D eigenvalue weighted by Crippen LogP contribution is -2.29. The van der Waals surface area contributed by atoms with Gasteiger partial charge in [-0.05, 0) is 42.6 Å². The summed E-state index contributed by atoms with van der Waals surface area (Å²) in [7, 11) is 3.88. The molecule has 1 fully saturated rings. The zero-order chi connectivity index (χ0) is 21.4. The number of ketones is 1. The number of Topliss-reactive ketones (excluding diaryl/α,β-unsaturated/α-hetero) is 1. The van der Waals surface area contributed by atoms with Gasteiger partial charge in [0.15, 0.2) is 0 Å². The largest absolute Gasteiger partial charge is 0.507 e.